The number of rotatable bonds is 3. The third kappa shape index (κ3) is 2.65. The second-order valence-corrected chi connectivity index (χ2v) is 4.60. The number of aryl methyl sites for hydroxylation is 1. The Labute approximate surface area is 97.4 Å². The maximum Gasteiger partial charge on any atom is 0.123 e. The summed E-state index contributed by atoms with van der Waals surface area (Å²) < 4.78 is 12.7. The lowest BCUT2D eigenvalue weighted by Gasteiger charge is -2.08. The second kappa shape index (κ2) is 4.72. The van der Waals surface area contributed by atoms with Crippen molar-refractivity contribution in [1.82, 2.24) is 4.98 Å². The van der Waals surface area contributed by atoms with Gasteiger partial charge in [-0.05, 0) is 24.6 Å². The number of benzene rings is 1. The van der Waals surface area contributed by atoms with E-state index in [1.165, 1.54) is 23.5 Å². The van der Waals surface area contributed by atoms with Crippen LogP contribution in [0.2, 0.25) is 0 Å². The molecule has 2 nitrogen and oxygen atoms in total. The van der Waals surface area contributed by atoms with Crippen LogP contribution in [0.1, 0.15) is 22.4 Å². The molecule has 2 aromatic rings. The standard InChI is InChI=1S/C12H12FNOS/c1-8-7-16-12(14-8)6-11(15)9-2-4-10(13)5-3-9/h2-5,7,11,15H,6H2,1H3. The number of aliphatic hydroxyl groups excluding tert-OH is 1. The predicted molar refractivity (Wildman–Crippen MR) is 61.9 cm³/mol. The summed E-state index contributed by atoms with van der Waals surface area (Å²) in [6, 6.07) is 5.90. The molecule has 0 aliphatic carbocycles. The topological polar surface area (TPSA) is 33.1 Å². The Hall–Kier alpha value is -1.26. The van der Waals surface area contributed by atoms with Crippen LogP contribution in [0.4, 0.5) is 4.39 Å². The van der Waals surface area contributed by atoms with Gasteiger partial charge in [0.2, 0.25) is 0 Å². The number of hydrogen-bond acceptors (Lipinski definition) is 3. The summed E-state index contributed by atoms with van der Waals surface area (Å²) in [4.78, 5) is 4.28. The normalized spacial score (nSPS) is 12.7. The first-order valence-electron chi connectivity index (χ1n) is 4.99. The van der Waals surface area contributed by atoms with Crippen molar-refractivity contribution in [2.45, 2.75) is 19.4 Å². The Morgan fingerprint density at radius 3 is 2.62 bits per heavy atom. The van der Waals surface area contributed by atoms with Gasteiger partial charge in [0.15, 0.2) is 0 Å². The molecule has 0 amide bonds. The van der Waals surface area contributed by atoms with E-state index < -0.39 is 6.10 Å². The fraction of sp³-hybridized carbons (Fsp3) is 0.250. The minimum atomic E-state index is -0.619. The van der Waals surface area contributed by atoms with Crippen LogP contribution >= 0.6 is 11.3 Å². The number of thiazole rings is 1. The Balaban J connectivity index is 2.08. The van der Waals surface area contributed by atoms with Crippen molar-refractivity contribution in [2.75, 3.05) is 0 Å². The Morgan fingerprint density at radius 1 is 1.38 bits per heavy atom. The summed E-state index contributed by atoms with van der Waals surface area (Å²) in [5.74, 6) is -0.291. The van der Waals surface area contributed by atoms with Crippen molar-refractivity contribution >= 4 is 11.3 Å². The smallest absolute Gasteiger partial charge is 0.123 e. The minimum Gasteiger partial charge on any atom is -0.388 e. The molecule has 0 aliphatic heterocycles. The van der Waals surface area contributed by atoms with Crippen LogP contribution in [0.5, 0.6) is 0 Å². The molecule has 1 heterocycles. The number of halogens is 1. The predicted octanol–water partition coefficient (Wildman–Crippen LogP) is 2.87. The van der Waals surface area contributed by atoms with E-state index in [1.807, 2.05) is 12.3 Å². The molecule has 2 rings (SSSR count). The molecule has 1 aromatic carbocycles. The molecule has 0 saturated heterocycles. The molecule has 16 heavy (non-hydrogen) atoms. The van der Waals surface area contributed by atoms with E-state index in [-0.39, 0.29) is 5.82 Å². The average Bonchev–Trinajstić information content (AvgIpc) is 2.65. The molecule has 1 unspecified atom stereocenters. The summed E-state index contributed by atoms with van der Waals surface area (Å²) in [5.41, 5.74) is 1.68. The highest BCUT2D eigenvalue weighted by Crippen LogP contribution is 2.20. The van der Waals surface area contributed by atoms with E-state index in [0.717, 1.165) is 10.7 Å². The minimum absolute atomic E-state index is 0.291. The van der Waals surface area contributed by atoms with Gasteiger partial charge in [-0.25, -0.2) is 9.37 Å². The van der Waals surface area contributed by atoms with Gasteiger partial charge >= 0.3 is 0 Å². The largest absolute Gasteiger partial charge is 0.388 e. The first-order valence-corrected chi connectivity index (χ1v) is 5.87. The lowest BCUT2D eigenvalue weighted by atomic mass is 10.1. The molecule has 0 bridgehead atoms. The zero-order valence-electron chi connectivity index (χ0n) is 8.85. The Bertz CT molecular complexity index is 466. The summed E-state index contributed by atoms with van der Waals surface area (Å²) in [6.07, 6.45) is -0.143. The molecule has 0 saturated carbocycles. The number of hydrogen-bond donors (Lipinski definition) is 1. The third-order valence-corrected chi connectivity index (χ3v) is 3.28. The highest BCUT2D eigenvalue weighted by molar-refractivity contribution is 7.09. The Kier molecular flexibility index (Phi) is 3.31. The first-order chi connectivity index (χ1) is 7.65. The van der Waals surface area contributed by atoms with Gasteiger partial charge in [-0.1, -0.05) is 12.1 Å². The summed E-state index contributed by atoms with van der Waals surface area (Å²) in [6.45, 7) is 1.92. The van der Waals surface area contributed by atoms with Crippen molar-refractivity contribution in [3.05, 3.63) is 51.7 Å². The molecule has 0 aliphatic rings. The zero-order chi connectivity index (χ0) is 11.5. The fourth-order valence-electron chi connectivity index (χ4n) is 1.46. The lowest BCUT2D eigenvalue weighted by molar-refractivity contribution is 0.178. The van der Waals surface area contributed by atoms with Gasteiger partial charge in [-0.15, -0.1) is 11.3 Å². The van der Waals surface area contributed by atoms with E-state index in [4.69, 9.17) is 0 Å². The zero-order valence-corrected chi connectivity index (χ0v) is 9.67. The number of aromatic nitrogens is 1. The van der Waals surface area contributed by atoms with Crippen molar-refractivity contribution in [3.8, 4) is 0 Å². The van der Waals surface area contributed by atoms with Gasteiger partial charge in [-0.3, -0.25) is 0 Å². The third-order valence-electron chi connectivity index (χ3n) is 2.29. The van der Waals surface area contributed by atoms with Gasteiger partial charge < -0.3 is 5.11 Å². The summed E-state index contributed by atoms with van der Waals surface area (Å²) in [5, 5.41) is 12.8. The van der Waals surface area contributed by atoms with Crippen LogP contribution in [0.15, 0.2) is 29.6 Å². The number of nitrogens with zero attached hydrogens (tertiary/aromatic N) is 1. The highest BCUT2D eigenvalue weighted by atomic mass is 32.1. The van der Waals surface area contributed by atoms with Gasteiger partial charge in [0, 0.05) is 17.5 Å². The van der Waals surface area contributed by atoms with E-state index in [9.17, 15) is 9.50 Å². The molecule has 1 N–H and O–H groups in total. The van der Waals surface area contributed by atoms with Crippen molar-refractivity contribution in [2.24, 2.45) is 0 Å². The second-order valence-electron chi connectivity index (χ2n) is 3.65. The average molecular weight is 237 g/mol. The molecule has 0 spiro atoms. The van der Waals surface area contributed by atoms with E-state index in [1.54, 1.807) is 12.1 Å². The van der Waals surface area contributed by atoms with Crippen LogP contribution in [0, 0.1) is 12.7 Å². The maximum absolute atomic E-state index is 12.7. The number of aliphatic hydroxyl groups is 1. The van der Waals surface area contributed by atoms with Crippen LogP contribution in [-0.4, -0.2) is 10.1 Å². The van der Waals surface area contributed by atoms with Crippen LogP contribution < -0.4 is 0 Å². The SMILES string of the molecule is Cc1csc(CC(O)c2ccc(F)cc2)n1. The maximum atomic E-state index is 12.7. The lowest BCUT2D eigenvalue weighted by Crippen LogP contribution is -2.01. The van der Waals surface area contributed by atoms with Crippen molar-refractivity contribution in [3.63, 3.8) is 0 Å². The quantitative estimate of drug-likeness (QED) is 0.890. The molecule has 1 atom stereocenters. The van der Waals surface area contributed by atoms with Gasteiger partial charge in [0.25, 0.3) is 0 Å². The van der Waals surface area contributed by atoms with Crippen LogP contribution in [0.25, 0.3) is 0 Å². The van der Waals surface area contributed by atoms with Gasteiger partial charge in [0.1, 0.15) is 5.82 Å². The summed E-state index contributed by atoms with van der Waals surface area (Å²) in [7, 11) is 0. The van der Waals surface area contributed by atoms with E-state index >= 15 is 0 Å². The van der Waals surface area contributed by atoms with Crippen LogP contribution in [0.3, 0.4) is 0 Å². The molecule has 0 fully saturated rings. The monoisotopic (exact) mass is 237 g/mol. The molecule has 1 aromatic heterocycles. The van der Waals surface area contributed by atoms with Gasteiger partial charge in [0.05, 0.1) is 11.1 Å². The van der Waals surface area contributed by atoms with Gasteiger partial charge in [-0.2, -0.15) is 0 Å². The molecule has 0 radical (unpaired) electrons. The van der Waals surface area contributed by atoms with E-state index in [2.05, 4.69) is 4.98 Å². The van der Waals surface area contributed by atoms with Crippen LogP contribution in [-0.2, 0) is 6.42 Å². The molecular weight excluding hydrogens is 225 g/mol. The van der Waals surface area contributed by atoms with Crippen molar-refractivity contribution < 1.29 is 9.50 Å². The fourth-order valence-corrected chi connectivity index (χ4v) is 2.27. The first kappa shape index (κ1) is 11.2. The van der Waals surface area contributed by atoms with E-state index in [0.29, 0.717) is 12.0 Å². The molecule has 84 valence electrons. The Morgan fingerprint density at radius 2 is 2.06 bits per heavy atom. The molecular formula is C12H12FNOS. The summed E-state index contributed by atoms with van der Waals surface area (Å²) >= 11 is 1.53. The van der Waals surface area contributed by atoms with Crippen molar-refractivity contribution in [1.29, 1.82) is 0 Å². The highest BCUT2D eigenvalue weighted by Gasteiger charge is 2.10. The molecule has 4 heteroatoms.